The van der Waals surface area contributed by atoms with Gasteiger partial charge in [0.15, 0.2) is 5.84 Å². The number of aliphatic imine (C=N–C) groups is 1. The van der Waals surface area contributed by atoms with E-state index in [1.807, 2.05) is 53.9 Å². The molecule has 2 aromatic carbocycles. The minimum Gasteiger partial charge on any atom is -0.493 e. The highest BCUT2D eigenvalue weighted by Crippen LogP contribution is 2.32. The number of thiophene rings is 1. The highest BCUT2D eigenvalue weighted by Gasteiger charge is 2.36. The fourth-order valence-electron chi connectivity index (χ4n) is 3.56. The normalized spacial score (nSPS) is 16.2. The van der Waals surface area contributed by atoms with E-state index in [1.165, 1.54) is 27.9 Å². The number of carbonyl (C=O) groups is 1. The number of thioether (sulfide) groups is 1. The maximum atomic E-state index is 12.6. The predicted molar refractivity (Wildman–Crippen MR) is 146 cm³/mol. The quantitative estimate of drug-likeness (QED) is 0.298. The van der Waals surface area contributed by atoms with Gasteiger partial charge in [0.1, 0.15) is 16.5 Å². The van der Waals surface area contributed by atoms with E-state index in [1.54, 1.807) is 17.4 Å². The number of carbonyl (C=O) groups excluding carboxylic acids is 1. The Hall–Kier alpha value is -3.69. The number of rotatable bonds is 8. The summed E-state index contributed by atoms with van der Waals surface area (Å²) < 4.78 is 11.6. The molecule has 0 fully saturated rings. The van der Waals surface area contributed by atoms with Crippen molar-refractivity contribution in [1.29, 1.82) is 5.41 Å². The van der Waals surface area contributed by atoms with Gasteiger partial charge in [0.2, 0.25) is 5.17 Å². The fraction of sp³-hybridized carbons (Fsp3) is 0.185. The second-order valence-corrected chi connectivity index (χ2v) is 10.2. The average Bonchev–Trinajstić information content (AvgIpc) is 3.55. The van der Waals surface area contributed by atoms with Gasteiger partial charge < -0.3 is 9.47 Å². The first-order chi connectivity index (χ1) is 17.5. The molecule has 1 aromatic heterocycles. The molecular formula is C27H24N4O3S2. The first kappa shape index (κ1) is 24.0. The number of amides is 1. The summed E-state index contributed by atoms with van der Waals surface area (Å²) in [4.78, 5) is 17.8. The van der Waals surface area contributed by atoms with Gasteiger partial charge in [-0.2, -0.15) is 15.1 Å². The number of hydrogen-bond acceptors (Lipinski definition) is 7. The molecule has 0 radical (unpaired) electrons. The highest BCUT2D eigenvalue weighted by atomic mass is 32.2. The number of nitrogens with one attached hydrogen (secondary N) is 1. The van der Waals surface area contributed by atoms with Crippen molar-refractivity contribution >= 4 is 51.1 Å². The molecule has 9 heteroatoms. The van der Waals surface area contributed by atoms with Crippen molar-refractivity contribution in [3.05, 3.63) is 87.1 Å². The Labute approximate surface area is 217 Å². The summed E-state index contributed by atoms with van der Waals surface area (Å²) in [6.45, 7) is 5.26. The van der Waals surface area contributed by atoms with Gasteiger partial charge in [-0.25, -0.2) is 0 Å². The molecule has 0 saturated heterocycles. The van der Waals surface area contributed by atoms with E-state index in [-0.39, 0.29) is 11.4 Å². The minimum atomic E-state index is -0.439. The lowest BCUT2D eigenvalue weighted by molar-refractivity contribution is -0.114. The van der Waals surface area contributed by atoms with E-state index in [4.69, 9.17) is 14.9 Å². The molecule has 7 nitrogen and oxygen atoms in total. The number of ether oxygens (including phenoxy) is 2. The summed E-state index contributed by atoms with van der Waals surface area (Å²) in [7, 11) is 0. The van der Waals surface area contributed by atoms with Crippen LogP contribution in [0.5, 0.6) is 11.5 Å². The van der Waals surface area contributed by atoms with Gasteiger partial charge in [-0.15, -0.1) is 11.3 Å². The summed E-state index contributed by atoms with van der Waals surface area (Å²) in [5.74, 6) is 1.18. The van der Waals surface area contributed by atoms with Crippen LogP contribution < -0.4 is 9.47 Å². The number of fused-ring (bicyclic) bond motifs is 1. The Balaban J connectivity index is 1.16. The van der Waals surface area contributed by atoms with Gasteiger partial charge in [0, 0.05) is 6.42 Å². The lowest BCUT2D eigenvalue weighted by Gasteiger charge is -2.20. The Morgan fingerprint density at radius 3 is 2.47 bits per heavy atom. The number of nitrogens with zero attached hydrogens (tertiary/aromatic N) is 3. The molecule has 1 N–H and O–H groups in total. The van der Waals surface area contributed by atoms with Gasteiger partial charge in [-0.05, 0) is 84.1 Å². The lowest BCUT2D eigenvalue weighted by atomic mass is 10.1. The third-order valence-corrected chi connectivity index (χ3v) is 7.63. The summed E-state index contributed by atoms with van der Waals surface area (Å²) in [5, 5.41) is 17.6. The lowest BCUT2D eigenvalue weighted by Crippen LogP contribution is -2.35. The number of hydrogen-bond donors (Lipinski definition) is 1. The maximum absolute atomic E-state index is 12.6. The Morgan fingerprint density at radius 1 is 1.00 bits per heavy atom. The maximum Gasteiger partial charge on any atom is 0.283 e. The molecule has 0 spiro atoms. The Bertz CT molecular complexity index is 1390. The van der Waals surface area contributed by atoms with Crippen LogP contribution in [0.2, 0.25) is 0 Å². The van der Waals surface area contributed by atoms with Crippen LogP contribution in [0, 0.1) is 19.3 Å². The number of aryl methyl sites for hydroxylation is 2. The number of amidine groups is 2. The van der Waals surface area contributed by atoms with Crippen molar-refractivity contribution in [2.45, 2.75) is 20.3 Å². The van der Waals surface area contributed by atoms with Crippen molar-refractivity contribution in [3.63, 3.8) is 0 Å². The largest absolute Gasteiger partial charge is 0.493 e. The van der Waals surface area contributed by atoms with Gasteiger partial charge in [0.05, 0.1) is 23.7 Å². The average molecular weight is 517 g/mol. The van der Waals surface area contributed by atoms with Crippen LogP contribution in [-0.4, -0.2) is 40.2 Å². The van der Waals surface area contributed by atoms with Crippen LogP contribution in [0.3, 0.4) is 0 Å². The van der Waals surface area contributed by atoms with Crippen LogP contribution in [0.15, 0.2) is 75.6 Å². The third-order valence-electron chi connectivity index (χ3n) is 5.68. The van der Waals surface area contributed by atoms with Crippen LogP contribution in [0.4, 0.5) is 0 Å². The highest BCUT2D eigenvalue weighted by molar-refractivity contribution is 8.27. The molecule has 36 heavy (non-hydrogen) atoms. The van der Waals surface area contributed by atoms with Crippen LogP contribution in [0.25, 0.3) is 6.08 Å². The fourth-order valence-corrected chi connectivity index (χ4v) is 5.24. The number of benzene rings is 2. The first-order valence-corrected chi connectivity index (χ1v) is 13.1. The monoisotopic (exact) mass is 516 g/mol. The van der Waals surface area contributed by atoms with Crippen molar-refractivity contribution in [1.82, 2.24) is 5.01 Å². The van der Waals surface area contributed by atoms with Gasteiger partial charge >= 0.3 is 0 Å². The molecule has 0 saturated carbocycles. The summed E-state index contributed by atoms with van der Waals surface area (Å²) in [5.41, 5.74) is 3.44. The van der Waals surface area contributed by atoms with Gasteiger partial charge in [-0.3, -0.25) is 10.2 Å². The molecule has 0 bridgehead atoms. The second-order valence-electron chi connectivity index (χ2n) is 8.27. The Kier molecular flexibility index (Phi) is 7.02. The van der Waals surface area contributed by atoms with Crippen molar-refractivity contribution in [2.75, 3.05) is 13.2 Å². The van der Waals surface area contributed by atoms with E-state index >= 15 is 0 Å². The van der Waals surface area contributed by atoms with E-state index in [0.29, 0.717) is 18.4 Å². The third kappa shape index (κ3) is 5.27. The van der Waals surface area contributed by atoms with Crippen LogP contribution in [-0.2, 0) is 4.79 Å². The molecular weight excluding hydrogens is 492 g/mol. The van der Waals surface area contributed by atoms with E-state index in [0.717, 1.165) is 33.4 Å². The molecule has 5 rings (SSSR count). The van der Waals surface area contributed by atoms with E-state index < -0.39 is 5.91 Å². The summed E-state index contributed by atoms with van der Waals surface area (Å²) in [6.07, 6.45) is 2.42. The predicted octanol–water partition coefficient (Wildman–Crippen LogP) is 5.88. The van der Waals surface area contributed by atoms with Gasteiger partial charge in [-0.1, -0.05) is 24.3 Å². The number of hydrazone groups is 1. The minimum absolute atomic E-state index is 0.0214. The van der Waals surface area contributed by atoms with Gasteiger partial charge in [0.25, 0.3) is 5.91 Å². The van der Waals surface area contributed by atoms with Crippen molar-refractivity contribution in [3.8, 4) is 11.5 Å². The Morgan fingerprint density at radius 2 is 1.75 bits per heavy atom. The molecule has 3 heterocycles. The molecule has 0 atom stereocenters. The molecule has 3 aromatic rings. The standard InChI is InChI=1S/C27H24N4O3S2/c1-17-6-9-21(15-18(17)2)34-13-4-12-33-20-10-7-19(8-11-20)16-22-24(28)31-27(29-25(22)32)36-26(30-31)23-5-3-14-35-23/h3,5-11,14-16,28H,4,12-13H2,1-2H3/b22-16-,28-24?. The van der Waals surface area contributed by atoms with E-state index in [2.05, 4.69) is 30.0 Å². The summed E-state index contributed by atoms with van der Waals surface area (Å²) >= 11 is 2.86. The zero-order valence-corrected chi connectivity index (χ0v) is 21.5. The molecule has 2 aliphatic rings. The smallest absolute Gasteiger partial charge is 0.283 e. The first-order valence-electron chi connectivity index (χ1n) is 11.4. The molecule has 0 unspecified atom stereocenters. The zero-order valence-electron chi connectivity index (χ0n) is 19.9. The van der Waals surface area contributed by atoms with Crippen molar-refractivity contribution in [2.24, 2.45) is 10.1 Å². The molecule has 2 aliphatic heterocycles. The van der Waals surface area contributed by atoms with Crippen molar-refractivity contribution < 1.29 is 14.3 Å². The molecule has 0 aliphatic carbocycles. The topological polar surface area (TPSA) is 87.3 Å². The molecule has 182 valence electrons. The summed E-state index contributed by atoms with van der Waals surface area (Å²) in [6, 6.07) is 17.4. The zero-order chi connectivity index (χ0) is 25.1. The van der Waals surface area contributed by atoms with E-state index in [9.17, 15) is 4.79 Å². The second kappa shape index (κ2) is 10.5. The SMILES string of the molecule is Cc1ccc(OCCCOc2ccc(/C=C3/C(=N)N4N=C(c5cccs5)SC4=NC3=O)cc2)cc1C. The van der Waals surface area contributed by atoms with Crippen LogP contribution >= 0.6 is 23.1 Å². The molecule has 1 amide bonds. The van der Waals surface area contributed by atoms with Crippen LogP contribution in [0.1, 0.15) is 28.0 Å².